The van der Waals surface area contributed by atoms with Gasteiger partial charge in [0.15, 0.2) is 9.84 Å². The Morgan fingerprint density at radius 1 is 1.32 bits per heavy atom. The number of carbonyl (C=O) groups is 1. The molecule has 0 radical (unpaired) electrons. The van der Waals surface area contributed by atoms with E-state index < -0.39 is 9.84 Å². The van der Waals surface area contributed by atoms with Crippen LogP contribution in [0.4, 0.5) is 11.5 Å². The Morgan fingerprint density at radius 2 is 2.16 bits per heavy atom. The molecule has 0 saturated carbocycles. The molecule has 25 heavy (non-hydrogen) atoms. The molecule has 3 heterocycles. The van der Waals surface area contributed by atoms with Crippen LogP contribution >= 0.6 is 0 Å². The van der Waals surface area contributed by atoms with Crippen molar-refractivity contribution in [3.05, 3.63) is 48.4 Å². The molecule has 1 amide bonds. The number of aromatic nitrogens is 2. The molecule has 1 N–H and O–H groups in total. The Kier molecular flexibility index (Phi) is 4.98. The number of anilines is 2. The van der Waals surface area contributed by atoms with Crippen LogP contribution in [0.3, 0.4) is 0 Å². The first-order chi connectivity index (χ1) is 12.0. The van der Waals surface area contributed by atoms with Gasteiger partial charge in [-0.25, -0.2) is 13.4 Å². The lowest BCUT2D eigenvalue weighted by Gasteiger charge is -2.28. The summed E-state index contributed by atoms with van der Waals surface area (Å²) in [6.07, 6.45) is 5.39. The lowest BCUT2D eigenvalue weighted by molar-refractivity contribution is 0.102. The molecule has 1 aliphatic rings. The van der Waals surface area contributed by atoms with Gasteiger partial charge in [-0.2, -0.15) is 0 Å². The largest absolute Gasteiger partial charge is 0.367 e. The van der Waals surface area contributed by atoms with Gasteiger partial charge in [0.05, 0.1) is 29.0 Å². The second kappa shape index (κ2) is 7.18. The molecular formula is C17H20N4O3S. The summed E-state index contributed by atoms with van der Waals surface area (Å²) < 4.78 is 23.4. The number of amides is 1. The van der Waals surface area contributed by atoms with Crippen molar-refractivity contribution < 1.29 is 13.2 Å². The molecule has 0 aliphatic carbocycles. The number of rotatable bonds is 5. The number of nitrogens with one attached hydrogen (secondary N) is 1. The number of hydrogen-bond acceptors (Lipinski definition) is 6. The Labute approximate surface area is 147 Å². The molecule has 1 atom stereocenters. The van der Waals surface area contributed by atoms with Gasteiger partial charge in [-0.05, 0) is 37.6 Å². The number of sulfone groups is 1. The van der Waals surface area contributed by atoms with E-state index in [1.165, 1.54) is 6.20 Å². The molecule has 0 bridgehead atoms. The Bertz CT molecular complexity index is 838. The Hall–Kier alpha value is -2.48. The number of carbonyl (C=O) groups excluding carboxylic acids is 1. The Morgan fingerprint density at radius 3 is 2.72 bits per heavy atom. The first kappa shape index (κ1) is 17.3. The molecule has 2 aromatic rings. The average molecular weight is 360 g/mol. The van der Waals surface area contributed by atoms with Crippen LogP contribution in [-0.4, -0.2) is 48.4 Å². The van der Waals surface area contributed by atoms with Crippen LogP contribution < -0.4 is 10.2 Å². The lowest BCUT2D eigenvalue weighted by Crippen LogP contribution is -2.36. The molecule has 0 spiro atoms. The molecule has 1 aliphatic heterocycles. The summed E-state index contributed by atoms with van der Waals surface area (Å²) in [5, 5.41) is 2.72. The summed E-state index contributed by atoms with van der Waals surface area (Å²) in [5.74, 6) is 0.580. The van der Waals surface area contributed by atoms with Crippen LogP contribution in [0.5, 0.6) is 0 Å². The smallest absolute Gasteiger partial charge is 0.258 e. The third-order valence-corrected chi connectivity index (χ3v) is 5.99. The highest BCUT2D eigenvalue weighted by molar-refractivity contribution is 7.91. The summed E-state index contributed by atoms with van der Waals surface area (Å²) in [7, 11) is -2.94. The van der Waals surface area contributed by atoms with Crippen LogP contribution in [0.1, 0.15) is 23.7 Å². The van der Waals surface area contributed by atoms with Crippen molar-refractivity contribution in [2.24, 2.45) is 0 Å². The fourth-order valence-corrected chi connectivity index (χ4v) is 4.72. The third kappa shape index (κ3) is 4.14. The summed E-state index contributed by atoms with van der Waals surface area (Å²) in [6.45, 7) is 2.69. The maximum atomic E-state index is 12.1. The van der Waals surface area contributed by atoms with Crippen molar-refractivity contribution in [1.29, 1.82) is 0 Å². The zero-order valence-electron chi connectivity index (χ0n) is 13.9. The van der Waals surface area contributed by atoms with Crippen LogP contribution in [0.2, 0.25) is 0 Å². The SMILES string of the molecule is CCN(c1ccc(NC(=O)c2cccnc2)nc1)C1CCS(=O)(=O)C1. The van der Waals surface area contributed by atoms with Gasteiger partial charge in [0.25, 0.3) is 5.91 Å². The summed E-state index contributed by atoms with van der Waals surface area (Å²) in [4.78, 5) is 22.3. The van der Waals surface area contributed by atoms with E-state index in [0.29, 0.717) is 24.3 Å². The molecule has 3 rings (SSSR count). The molecule has 2 aromatic heterocycles. The van der Waals surface area contributed by atoms with Crippen molar-refractivity contribution in [2.75, 3.05) is 28.3 Å². The van der Waals surface area contributed by atoms with Gasteiger partial charge in [0, 0.05) is 25.0 Å². The minimum absolute atomic E-state index is 0.0207. The molecule has 0 aromatic carbocycles. The summed E-state index contributed by atoms with van der Waals surface area (Å²) >= 11 is 0. The van der Waals surface area contributed by atoms with Gasteiger partial charge in [-0.1, -0.05) is 0 Å². The quantitative estimate of drug-likeness (QED) is 0.873. The van der Waals surface area contributed by atoms with Gasteiger partial charge >= 0.3 is 0 Å². The fraction of sp³-hybridized carbons (Fsp3) is 0.353. The van der Waals surface area contributed by atoms with Crippen molar-refractivity contribution in [2.45, 2.75) is 19.4 Å². The standard InChI is InChI=1S/C17H20N4O3S/c1-2-21(15-7-9-25(23,24)12-15)14-5-6-16(19-11-14)20-17(22)13-4-3-8-18-10-13/h3-6,8,10-11,15H,2,7,9,12H2,1H3,(H,19,20,22). The zero-order valence-corrected chi connectivity index (χ0v) is 14.7. The fourth-order valence-electron chi connectivity index (χ4n) is 2.99. The minimum atomic E-state index is -2.94. The molecule has 1 saturated heterocycles. The first-order valence-corrected chi connectivity index (χ1v) is 9.95. The van der Waals surface area contributed by atoms with E-state index in [2.05, 4.69) is 15.3 Å². The van der Waals surface area contributed by atoms with Crippen molar-refractivity contribution in [3.63, 3.8) is 0 Å². The van der Waals surface area contributed by atoms with Crippen molar-refractivity contribution >= 4 is 27.2 Å². The van der Waals surface area contributed by atoms with E-state index in [-0.39, 0.29) is 23.5 Å². The number of nitrogens with zero attached hydrogens (tertiary/aromatic N) is 3. The van der Waals surface area contributed by atoms with Crippen LogP contribution in [0.15, 0.2) is 42.9 Å². The van der Waals surface area contributed by atoms with Crippen LogP contribution in [0, 0.1) is 0 Å². The predicted octanol–water partition coefficient (Wildman–Crippen LogP) is 1.74. The minimum Gasteiger partial charge on any atom is -0.367 e. The zero-order chi connectivity index (χ0) is 17.9. The second-order valence-electron chi connectivity index (χ2n) is 5.94. The van der Waals surface area contributed by atoms with E-state index >= 15 is 0 Å². The predicted molar refractivity (Wildman–Crippen MR) is 96.5 cm³/mol. The lowest BCUT2D eigenvalue weighted by atomic mass is 10.2. The Balaban J connectivity index is 1.70. The molecule has 1 fully saturated rings. The summed E-state index contributed by atoms with van der Waals surface area (Å²) in [5.41, 5.74) is 1.31. The van der Waals surface area contributed by atoms with Crippen LogP contribution in [-0.2, 0) is 9.84 Å². The second-order valence-corrected chi connectivity index (χ2v) is 8.17. The topological polar surface area (TPSA) is 92.3 Å². The van der Waals surface area contributed by atoms with Crippen molar-refractivity contribution in [1.82, 2.24) is 9.97 Å². The number of pyridine rings is 2. The van der Waals surface area contributed by atoms with Gasteiger partial charge in [0.1, 0.15) is 5.82 Å². The summed E-state index contributed by atoms with van der Waals surface area (Å²) in [6, 6.07) is 6.92. The highest BCUT2D eigenvalue weighted by atomic mass is 32.2. The monoisotopic (exact) mass is 360 g/mol. The van der Waals surface area contributed by atoms with Gasteiger partial charge in [0.2, 0.25) is 0 Å². The maximum Gasteiger partial charge on any atom is 0.258 e. The molecule has 8 heteroatoms. The average Bonchev–Trinajstić information content (AvgIpc) is 2.97. The molecular weight excluding hydrogens is 340 g/mol. The van der Waals surface area contributed by atoms with Gasteiger partial charge in [-0.3, -0.25) is 9.78 Å². The van der Waals surface area contributed by atoms with E-state index in [1.54, 1.807) is 30.6 Å². The highest BCUT2D eigenvalue weighted by Gasteiger charge is 2.31. The van der Waals surface area contributed by atoms with E-state index in [4.69, 9.17) is 0 Å². The van der Waals surface area contributed by atoms with Crippen LogP contribution in [0.25, 0.3) is 0 Å². The molecule has 1 unspecified atom stereocenters. The van der Waals surface area contributed by atoms with Crippen molar-refractivity contribution in [3.8, 4) is 0 Å². The van der Waals surface area contributed by atoms with E-state index in [1.807, 2.05) is 17.9 Å². The van der Waals surface area contributed by atoms with Gasteiger partial charge < -0.3 is 10.2 Å². The van der Waals surface area contributed by atoms with E-state index in [9.17, 15) is 13.2 Å². The first-order valence-electron chi connectivity index (χ1n) is 8.13. The maximum absolute atomic E-state index is 12.1. The normalized spacial score (nSPS) is 18.7. The third-order valence-electron chi connectivity index (χ3n) is 4.23. The van der Waals surface area contributed by atoms with E-state index in [0.717, 1.165) is 5.69 Å². The number of hydrogen-bond donors (Lipinski definition) is 1. The highest BCUT2D eigenvalue weighted by Crippen LogP contribution is 2.24. The van der Waals surface area contributed by atoms with Gasteiger partial charge in [-0.15, -0.1) is 0 Å². The molecule has 132 valence electrons. The molecule has 7 nitrogen and oxygen atoms in total.